The van der Waals surface area contributed by atoms with Crippen molar-refractivity contribution in [2.45, 2.75) is 12.8 Å². The van der Waals surface area contributed by atoms with Crippen molar-refractivity contribution in [1.29, 1.82) is 0 Å². The van der Waals surface area contributed by atoms with Gasteiger partial charge >= 0.3 is 0 Å². The molecule has 4 N–H and O–H groups in total. The number of hydrogen-bond acceptors (Lipinski definition) is 5. The van der Waals surface area contributed by atoms with Gasteiger partial charge in [0.15, 0.2) is 0 Å². The highest BCUT2D eigenvalue weighted by Gasteiger charge is 2.20. The van der Waals surface area contributed by atoms with Gasteiger partial charge < -0.3 is 10.0 Å². The number of nitrogens with one attached hydrogen (secondary N) is 1. The zero-order chi connectivity index (χ0) is 12.7. The lowest BCUT2D eigenvalue weighted by atomic mass is 10.2. The van der Waals surface area contributed by atoms with Crippen LogP contribution in [0.4, 0.5) is 0 Å². The fourth-order valence-corrected chi connectivity index (χ4v) is 1.81. The van der Waals surface area contributed by atoms with Gasteiger partial charge in [-0.15, -0.1) is 0 Å². The van der Waals surface area contributed by atoms with Crippen LogP contribution in [0.25, 0.3) is 0 Å². The minimum absolute atomic E-state index is 0.0164. The molecule has 1 fully saturated rings. The number of amides is 2. The normalized spacial score (nSPS) is 16.9. The molecule has 0 unspecified atom stereocenters. The van der Waals surface area contributed by atoms with Gasteiger partial charge in [-0.1, -0.05) is 0 Å². The van der Waals surface area contributed by atoms with Gasteiger partial charge in [-0.25, -0.2) is 5.84 Å². The highest BCUT2D eigenvalue weighted by molar-refractivity contribution is 5.83. The third-order valence-electron chi connectivity index (χ3n) is 2.87. The Morgan fingerprint density at radius 1 is 1.18 bits per heavy atom. The molecule has 1 heterocycles. The summed E-state index contributed by atoms with van der Waals surface area (Å²) in [5, 5.41) is 8.79. The average molecular weight is 244 g/mol. The second-order valence-electron chi connectivity index (χ2n) is 4.01. The maximum absolute atomic E-state index is 11.7. The lowest BCUT2D eigenvalue weighted by Crippen LogP contribution is -2.49. The molecule has 0 spiro atoms. The summed E-state index contributed by atoms with van der Waals surface area (Å²) in [6.07, 6.45) is 0.329. The standard InChI is InChI=1S/C10H20N4O3/c11-12-9(16)1-2-10(17)14-5-3-13(4-6-14)7-8-15/h15H,1-8,11H2,(H,12,16). The molecule has 1 aliphatic rings. The van der Waals surface area contributed by atoms with Crippen LogP contribution >= 0.6 is 0 Å². The third-order valence-corrected chi connectivity index (χ3v) is 2.87. The number of rotatable bonds is 5. The van der Waals surface area contributed by atoms with E-state index in [-0.39, 0.29) is 31.3 Å². The van der Waals surface area contributed by atoms with Gasteiger partial charge in [-0.3, -0.25) is 19.9 Å². The third kappa shape index (κ3) is 4.68. The van der Waals surface area contributed by atoms with Gasteiger partial charge in [0.25, 0.3) is 0 Å². The molecule has 0 aliphatic carbocycles. The van der Waals surface area contributed by atoms with Crippen molar-refractivity contribution in [3.63, 3.8) is 0 Å². The van der Waals surface area contributed by atoms with Gasteiger partial charge in [-0.2, -0.15) is 0 Å². The Labute approximate surface area is 101 Å². The van der Waals surface area contributed by atoms with Crippen LogP contribution in [-0.4, -0.2) is 66.1 Å². The molecular weight excluding hydrogens is 224 g/mol. The van der Waals surface area contributed by atoms with Crippen molar-refractivity contribution in [3.05, 3.63) is 0 Å². The summed E-state index contributed by atoms with van der Waals surface area (Å²) in [4.78, 5) is 26.5. The van der Waals surface area contributed by atoms with E-state index in [0.717, 1.165) is 13.1 Å². The average Bonchev–Trinajstić information content (AvgIpc) is 2.36. The van der Waals surface area contributed by atoms with Crippen molar-refractivity contribution in [1.82, 2.24) is 15.2 Å². The molecule has 17 heavy (non-hydrogen) atoms. The summed E-state index contributed by atoms with van der Waals surface area (Å²) in [5.41, 5.74) is 2.00. The topological polar surface area (TPSA) is 98.9 Å². The van der Waals surface area contributed by atoms with E-state index in [0.29, 0.717) is 19.6 Å². The summed E-state index contributed by atoms with van der Waals surface area (Å²) >= 11 is 0. The summed E-state index contributed by atoms with van der Waals surface area (Å²) < 4.78 is 0. The summed E-state index contributed by atoms with van der Waals surface area (Å²) in [7, 11) is 0. The fraction of sp³-hybridized carbons (Fsp3) is 0.800. The Kier molecular flexibility index (Phi) is 5.88. The molecule has 98 valence electrons. The predicted molar refractivity (Wildman–Crippen MR) is 61.7 cm³/mol. The molecule has 2 amide bonds. The smallest absolute Gasteiger partial charge is 0.234 e. The monoisotopic (exact) mass is 244 g/mol. The van der Waals surface area contributed by atoms with Gasteiger partial charge in [-0.05, 0) is 0 Å². The maximum atomic E-state index is 11.7. The Morgan fingerprint density at radius 2 is 1.82 bits per heavy atom. The first-order valence-electron chi connectivity index (χ1n) is 5.78. The molecule has 0 saturated carbocycles. The number of nitrogens with zero attached hydrogens (tertiary/aromatic N) is 2. The number of hydrogen-bond donors (Lipinski definition) is 3. The van der Waals surface area contributed by atoms with Crippen LogP contribution in [-0.2, 0) is 9.59 Å². The van der Waals surface area contributed by atoms with E-state index in [2.05, 4.69) is 4.90 Å². The van der Waals surface area contributed by atoms with Crippen molar-refractivity contribution in [3.8, 4) is 0 Å². The number of aliphatic hydroxyl groups is 1. The van der Waals surface area contributed by atoms with Crippen LogP contribution < -0.4 is 11.3 Å². The van der Waals surface area contributed by atoms with E-state index in [1.165, 1.54) is 0 Å². The Balaban J connectivity index is 2.23. The molecule has 1 rings (SSSR count). The number of carbonyl (C=O) groups excluding carboxylic acids is 2. The molecule has 0 aromatic carbocycles. The minimum atomic E-state index is -0.322. The van der Waals surface area contributed by atoms with E-state index in [1.54, 1.807) is 4.90 Å². The van der Waals surface area contributed by atoms with E-state index in [4.69, 9.17) is 10.9 Å². The Hall–Kier alpha value is -1.18. The quantitative estimate of drug-likeness (QED) is 0.292. The number of piperazine rings is 1. The summed E-state index contributed by atoms with van der Waals surface area (Å²) in [6, 6.07) is 0. The molecule has 0 bridgehead atoms. The highest BCUT2D eigenvalue weighted by Crippen LogP contribution is 2.04. The molecule has 1 aliphatic heterocycles. The maximum Gasteiger partial charge on any atom is 0.234 e. The molecule has 0 aromatic rings. The molecule has 1 saturated heterocycles. The number of β-amino-alcohol motifs (C(OH)–C–C–N with tert-alkyl or cyclic N) is 1. The summed E-state index contributed by atoms with van der Waals surface area (Å²) in [5.74, 6) is 4.60. The van der Waals surface area contributed by atoms with E-state index in [1.807, 2.05) is 5.43 Å². The second kappa shape index (κ2) is 7.21. The van der Waals surface area contributed by atoms with Gasteiger partial charge in [0.05, 0.1) is 6.61 Å². The first kappa shape index (κ1) is 13.9. The van der Waals surface area contributed by atoms with Crippen LogP contribution in [0.5, 0.6) is 0 Å². The molecule has 7 heteroatoms. The van der Waals surface area contributed by atoms with Gasteiger partial charge in [0.2, 0.25) is 11.8 Å². The number of nitrogens with two attached hydrogens (primary N) is 1. The van der Waals surface area contributed by atoms with Crippen LogP contribution in [0.3, 0.4) is 0 Å². The first-order chi connectivity index (χ1) is 8.17. The lowest BCUT2D eigenvalue weighted by Gasteiger charge is -2.34. The summed E-state index contributed by atoms with van der Waals surface area (Å²) in [6.45, 7) is 3.65. The number of carbonyl (C=O) groups is 2. The number of hydrazine groups is 1. The van der Waals surface area contributed by atoms with Crippen LogP contribution in [0.1, 0.15) is 12.8 Å². The molecular formula is C10H20N4O3. The minimum Gasteiger partial charge on any atom is -0.395 e. The second-order valence-corrected chi connectivity index (χ2v) is 4.01. The number of aliphatic hydroxyl groups excluding tert-OH is 1. The van der Waals surface area contributed by atoms with Crippen molar-refractivity contribution >= 4 is 11.8 Å². The largest absolute Gasteiger partial charge is 0.395 e. The highest BCUT2D eigenvalue weighted by atomic mass is 16.3. The Morgan fingerprint density at radius 3 is 2.35 bits per heavy atom. The zero-order valence-corrected chi connectivity index (χ0v) is 9.89. The van der Waals surface area contributed by atoms with Gasteiger partial charge in [0, 0.05) is 45.6 Å². The van der Waals surface area contributed by atoms with Gasteiger partial charge in [0.1, 0.15) is 0 Å². The first-order valence-corrected chi connectivity index (χ1v) is 5.78. The van der Waals surface area contributed by atoms with Crippen LogP contribution in [0.2, 0.25) is 0 Å². The Bertz CT molecular complexity index is 264. The van der Waals surface area contributed by atoms with Crippen LogP contribution in [0.15, 0.2) is 0 Å². The van der Waals surface area contributed by atoms with E-state index in [9.17, 15) is 9.59 Å². The fourth-order valence-electron chi connectivity index (χ4n) is 1.81. The van der Waals surface area contributed by atoms with E-state index >= 15 is 0 Å². The molecule has 0 aromatic heterocycles. The molecule has 7 nitrogen and oxygen atoms in total. The van der Waals surface area contributed by atoms with Crippen LogP contribution in [0, 0.1) is 0 Å². The SMILES string of the molecule is NNC(=O)CCC(=O)N1CCN(CCO)CC1. The lowest BCUT2D eigenvalue weighted by molar-refractivity contribution is -0.135. The molecule has 0 atom stereocenters. The van der Waals surface area contributed by atoms with Crippen molar-refractivity contribution in [2.24, 2.45) is 5.84 Å². The molecule has 0 radical (unpaired) electrons. The van der Waals surface area contributed by atoms with E-state index < -0.39 is 0 Å². The van der Waals surface area contributed by atoms with Crippen molar-refractivity contribution < 1.29 is 14.7 Å². The predicted octanol–water partition coefficient (Wildman–Crippen LogP) is -2.11. The van der Waals surface area contributed by atoms with Crippen molar-refractivity contribution in [2.75, 3.05) is 39.3 Å². The zero-order valence-electron chi connectivity index (χ0n) is 9.89.